The topological polar surface area (TPSA) is 138 Å². The van der Waals surface area contributed by atoms with Gasteiger partial charge in [-0.25, -0.2) is 0 Å². The lowest BCUT2D eigenvalue weighted by atomic mass is 10.0. The van der Waals surface area contributed by atoms with E-state index in [9.17, 15) is 9.59 Å². The van der Waals surface area contributed by atoms with Gasteiger partial charge in [0.25, 0.3) is 0 Å². The number of para-hydroxylation sites is 1. The monoisotopic (exact) mass is 561 g/mol. The van der Waals surface area contributed by atoms with Crippen LogP contribution in [0.4, 0.5) is 0 Å². The lowest BCUT2D eigenvalue weighted by Crippen LogP contribution is -2.39. The highest BCUT2D eigenvalue weighted by Gasteiger charge is 2.25. The maximum absolute atomic E-state index is 13.0. The van der Waals surface area contributed by atoms with Crippen molar-refractivity contribution in [3.8, 4) is 11.8 Å². The van der Waals surface area contributed by atoms with Crippen LogP contribution in [0, 0.1) is 11.3 Å². The summed E-state index contributed by atoms with van der Waals surface area (Å²) in [6, 6.07) is 26.9. The molecule has 2 amide bonds. The molecule has 0 spiro atoms. The molecule has 42 heavy (non-hydrogen) atoms. The summed E-state index contributed by atoms with van der Waals surface area (Å²) in [5, 5.41) is 24.4. The summed E-state index contributed by atoms with van der Waals surface area (Å²) in [5.74, 6) is 0.841. The number of aromatic nitrogens is 4. The van der Waals surface area contributed by atoms with E-state index in [1.807, 2.05) is 72.9 Å². The number of H-pyrrole nitrogens is 1. The van der Waals surface area contributed by atoms with Crippen molar-refractivity contribution >= 4 is 22.7 Å². The van der Waals surface area contributed by atoms with Crippen molar-refractivity contribution < 1.29 is 14.3 Å². The number of benzene rings is 3. The molecule has 0 aliphatic carbocycles. The maximum atomic E-state index is 13.0. The van der Waals surface area contributed by atoms with Gasteiger partial charge >= 0.3 is 5.91 Å². The van der Waals surface area contributed by atoms with Gasteiger partial charge in [-0.1, -0.05) is 60.7 Å². The second-order valence-corrected chi connectivity index (χ2v) is 9.87. The maximum Gasteiger partial charge on any atom is 0.322 e. The Morgan fingerprint density at radius 3 is 2.50 bits per heavy atom. The van der Waals surface area contributed by atoms with E-state index in [1.165, 1.54) is 11.6 Å². The highest BCUT2D eigenvalue weighted by atomic mass is 16.5. The van der Waals surface area contributed by atoms with Gasteiger partial charge < -0.3 is 24.9 Å². The summed E-state index contributed by atoms with van der Waals surface area (Å²) in [6.45, 7) is 0.159. The number of rotatable bonds is 12. The third-order valence-corrected chi connectivity index (χ3v) is 7.09. The Bertz CT molecular complexity index is 1700. The first-order valence-corrected chi connectivity index (χ1v) is 13.6. The molecule has 3 N–H and O–H groups in total. The lowest BCUT2D eigenvalue weighted by Gasteiger charge is -2.20. The van der Waals surface area contributed by atoms with E-state index in [-0.39, 0.29) is 6.54 Å². The molecule has 0 aliphatic heterocycles. The molecule has 5 rings (SSSR count). The van der Waals surface area contributed by atoms with Crippen LogP contribution in [0.1, 0.15) is 34.4 Å². The number of carbonyl (C=O) groups is 2. The van der Waals surface area contributed by atoms with Crippen molar-refractivity contribution in [2.45, 2.75) is 31.8 Å². The van der Waals surface area contributed by atoms with Gasteiger partial charge in [-0.2, -0.15) is 5.26 Å². The zero-order chi connectivity index (χ0) is 29.3. The van der Waals surface area contributed by atoms with Crippen LogP contribution in [0.15, 0.2) is 85.1 Å². The van der Waals surface area contributed by atoms with Crippen LogP contribution in [-0.2, 0) is 35.4 Å². The fourth-order valence-electron chi connectivity index (χ4n) is 4.95. The van der Waals surface area contributed by atoms with E-state index in [0.29, 0.717) is 25.2 Å². The van der Waals surface area contributed by atoms with Gasteiger partial charge in [0.2, 0.25) is 5.91 Å². The Morgan fingerprint density at radius 1 is 0.976 bits per heavy atom. The largest absolute Gasteiger partial charge is 0.497 e. The Hall–Kier alpha value is -5.43. The molecule has 0 aliphatic rings. The number of nitrogens with zero attached hydrogens (tertiary/aromatic N) is 4. The first-order valence-electron chi connectivity index (χ1n) is 13.6. The van der Waals surface area contributed by atoms with Crippen LogP contribution in [0.25, 0.3) is 10.9 Å². The summed E-state index contributed by atoms with van der Waals surface area (Å²) in [4.78, 5) is 27.8. The number of nitrogens with one attached hydrogen (secondary N) is 3. The Kier molecular flexibility index (Phi) is 8.89. The fraction of sp³-hybridized carbons (Fsp3) is 0.219. The molecule has 10 nitrogen and oxygen atoms in total. The minimum Gasteiger partial charge on any atom is -0.497 e. The Balaban J connectivity index is 1.50. The van der Waals surface area contributed by atoms with Crippen molar-refractivity contribution in [1.29, 1.82) is 5.26 Å². The van der Waals surface area contributed by atoms with Crippen molar-refractivity contribution in [3.63, 3.8) is 0 Å². The van der Waals surface area contributed by atoms with Crippen molar-refractivity contribution in [2.75, 3.05) is 13.7 Å². The van der Waals surface area contributed by atoms with Gasteiger partial charge in [0.15, 0.2) is 11.9 Å². The summed E-state index contributed by atoms with van der Waals surface area (Å²) in [7, 11) is 1.63. The van der Waals surface area contributed by atoms with Crippen LogP contribution in [0.5, 0.6) is 5.75 Å². The van der Waals surface area contributed by atoms with Gasteiger partial charge in [-0.05, 0) is 41.3 Å². The van der Waals surface area contributed by atoms with Crippen molar-refractivity contribution in [1.82, 2.24) is 30.4 Å². The molecule has 10 heteroatoms. The van der Waals surface area contributed by atoms with Gasteiger partial charge in [-0.15, -0.1) is 10.2 Å². The second kappa shape index (κ2) is 13.3. The van der Waals surface area contributed by atoms with Crippen LogP contribution in [0.2, 0.25) is 0 Å². The van der Waals surface area contributed by atoms with E-state index in [2.05, 4.69) is 42.5 Å². The van der Waals surface area contributed by atoms with E-state index in [1.54, 1.807) is 7.11 Å². The molecule has 0 unspecified atom stereocenters. The van der Waals surface area contributed by atoms with Crippen molar-refractivity contribution in [3.05, 3.63) is 113 Å². The third kappa shape index (κ3) is 6.82. The zero-order valence-electron chi connectivity index (χ0n) is 23.2. The average Bonchev–Trinajstić information content (AvgIpc) is 3.63. The number of nitriles is 1. The second-order valence-electron chi connectivity index (χ2n) is 9.87. The summed E-state index contributed by atoms with van der Waals surface area (Å²) in [5.41, 5.74) is 4.20. The number of methoxy groups -OCH3 is 1. The molecular formula is C32H31N7O3. The Labute approximate surface area is 243 Å². The van der Waals surface area contributed by atoms with Crippen molar-refractivity contribution in [2.24, 2.45) is 0 Å². The molecule has 5 aromatic rings. The normalized spacial score (nSPS) is 11.5. The average molecular weight is 562 g/mol. The van der Waals surface area contributed by atoms with E-state index >= 15 is 0 Å². The van der Waals surface area contributed by atoms with Gasteiger partial charge in [0.05, 0.1) is 26.2 Å². The van der Waals surface area contributed by atoms with Gasteiger partial charge in [0.1, 0.15) is 11.6 Å². The molecule has 212 valence electrons. The first-order chi connectivity index (χ1) is 20.5. The number of amides is 2. The number of ether oxygens (including phenoxy) is 1. The number of carbonyl (C=O) groups excluding carboxylic acids is 2. The highest BCUT2D eigenvalue weighted by Crippen LogP contribution is 2.26. The first kappa shape index (κ1) is 28.1. The minimum atomic E-state index is -0.871. The molecular weight excluding hydrogens is 530 g/mol. The fourth-order valence-corrected chi connectivity index (χ4v) is 4.95. The number of hydrogen-bond donors (Lipinski definition) is 3. The third-order valence-electron chi connectivity index (χ3n) is 7.09. The van der Waals surface area contributed by atoms with E-state index < -0.39 is 17.9 Å². The van der Waals surface area contributed by atoms with Crippen LogP contribution in [0.3, 0.4) is 0 Å². The Morgan fingerprint density at radius 2 is 1.74 bits per heavy atom. The molecule has 0 radical (unpaired) electrons. The standard InChI is InChI=1S/C32H31N7O3/c1-42-25-14-11-23(12-15-25)21-39-29(16-13-22-7-3-2-4-8-22)37-38-32(39)28(36-31(41)20-35-30(40)18-33)17-24-19-34-27-10-6-5-9-26(24)27/h2-12,14-15,19,28,34H,13,16-17,20-21H2,1H3,(H,35,40)(H,36,41)/t28-/m1/s1. The van der Waals surface area contributed by atoms with E-state index in [0.717, 1.165) is 40.0 Å². The molecule has 0 bridgehead atoms. The van der Waals surface area contributed by atoms with E-state index in [4.69, 9.17) is 10.00 Å². The highest BCUT2D eigenvalue weighted by molar-refractivity contribution is 5.94. The molecule has 1 atom stereocenters. The summed E-state index contributed by atoms with van der Waals surface area (Å²) < 4.78 is 7.39. The summed E-state index contributed by atoms with van der Waals surface area (Å²) in [6.07, 6.45) is 3.80. The van der Waals surface area contributed by atoms with Gasteiger partial charge in [-0.3, -0.25) is 9.59 Å². The minimum absolute atomic E-state index is 0.329. The number of aryl methyl sites for hydroxylation is 2. The SMILES string of the molecule is COc1ccc(Cn2c(CCc3ccccc3)nnc2[C@@H](Cc2c[nH]c3ccccc23)NC(=O)CNC(=O)C#N)cc1. The molecule has 3 aromatic carbocycles. The molecule has 2 heterocycles. The lowest BCUT2D eigenvalue weighted by molar-refractivity contribution is -0.124. The molecule has 0 saturated heterocycles. The number of aromatic amines is 1. The molecule has 0 fully saturated rings. The van der Waals surface area contributed by atoms with Crippen LogP contribution < -0.4 is 15.4 Å². The number of fused-ring (bicyclic) bond motifs is 1. The van der Waals surface area contributed by atoms with Crippen LogP contribution >= 0.6 is 0 Å². The smallest absolute Gasteiger partial charge is 0.322 e. The quantitative estimate of drug-likeness (QED) is 0.199. The number of hydrogen-bond acceptors (Lipinski definition) is 6. The zero-order valence-corrected chi connectivity index (χ0v) is 23.2. The molecule has 2 aromatic heterocycles. The van der Waals surface area contributed by atoms with Crippen LogP contribution in [-0.4, -0.2) is 45.2 Å². The molecule has 0 saturated carbocycles. The summed E-state index contributed by atoms with van der Waals surface area (Å²) >= 11 is 0. The van der Waals surface area contributed by atoms with Gasteiger partial charge in [0, 0.05) is 29.9 Å². The predicted octanol–water partition coefficient (Wildman–Crippen LogP) is 3.64. The predicted molar refractivity (Wildman–Crippen MR) is 157 cm³/mol.